The number of rotatable bonds is 4. The topological polar surface area (TPSA) is 9.23 Å². The number of halogens is 1. The third-order valence-corrected chi connectivity index (χ3v) is 2.57. The molecule has 0 aromatic heterocycles. The van der Waals surface area contributed by atoms with Crippen molar-refractivity contribution in [1.82, 2.24) is 0 Å². The Morgan fingerprint density at radius 2 is 1.92 bits per heavy atom. The van der Waals surface area contributed by atoms with Crippen LogP contribution in [0.5, 0.6) is 5.75 Å². The quantitative estimate of drug-likeness (QED) is 0.672. The van der Waals surface area contributed by atoms with E-state index in [-0.39, 0.29) is 0 Å². The molecule has 1 saturated carbocycles. The molecule has 70 valence electrons. The summed E-state index contributed by atoms with van der Waals surface area (Å²) in [5, 5.41) is 0. The van der Waals surface area contributed by atoms with Crippen LogP contribution in [0.25, 0.3) is 0 Å². The lowest BCUT2D eigenvalue weighted by molar-refractivity contribution is 0.299. The Hall–Kier alpha value is -0.690. The first-order valence-corrected chi connectivity index (χ1v) is 5.19. The first-order chi connectivity index (χ1) is 6.38. The van der Waals surface area contributed by atoms with Crippen molar-refractivity contribution < 1.29 is 4.74 Å². The fourth-order valence-corrected chi connectivity index (χ4v) is 1.35. The molecule has 0 aliphatic heterocycles. The Kier molecular flexibility index (Phi) is 2.74. The third-order valence-electron chi connectivity index (χ3n) is 2.26. The molecule has 2 rings (SSSR count). The van der Waals surface area contributed by atoms with Gasteiger partial charge in [-0.05, 0) is 36.5 Å². The van der Waals surface area contributed by atoms with Gasteiger partial charge in [0.2, 0.25) is 0 Å². The van der Waals surface area contributed by atoms with Crippen LogP contribution in [0.4, 0.5) is 0 Å². The van der Waals surface area contributed by atoms with Crippen LogP contribution < -0.4 is 4.74 Å². The third kappa shape index (κ3) is 2.63. The standard InChI is InChI=1S/C11H13ClO/c12-7-9-3-5-11(6-4-9)13-8-10-1-2-10/h3-6,10H,1-2,7-8H2. The molecule has 0 heterocycles. The molecule has 0 bridgehead atoms. The van der Waals surface area contributed by atoms with Gasteiger partial charge < -0.3 is 4.74 Å². The van der Waals surface area contributed by atoms with Crippen molar-refractivity contribution >= 4 is 11.6 Å². The van der Waals surface area contributed by atoms with Crippen molar-refractivity contribution in [2.75, 3.05) is 6.61 Å². The van der Waals surface area contributed by atoms with E-state index in [9.17, 15) is 0 Å². The lowest BCUT2D eigenvalue weighted by Crippen LogP contribution is -1.98. The van der Waals surface area contributed by atoms with E-state index >= 15 is 0 Å². The smallest absolute Gasteiger partial charge is 0.119 e. The molecular weight excluding hydrogens is 184 g/mol. The highest BCUT2D eigenvalue weighted by atomic mass is 35.5. The van der Waals surface area contributed by atoms with Gasteiger partial charge in [0.1, 0.15) is 5.75 Å². The molecule has 1 nitrogen and oxygen atoms in total. The highest BCUT2D eigenvalue weighted by molar-refractivity contribution is 6.17. The van der Waals surface area contributed by atoms with E-state index in [1.807, 2.05) is 24.3 Å². The van der Waals surface area contributed by atoms with Gasteiger partial charge in [0.05, 0.1) is 6.61 Å². The molecule has 0 spiro atoms. The summed E-state index contributed by atoms with van der Waals surface area (Å²) in [6.45, 7) is 0.875. The highest BCUT2D eigenvalue weighted by Gasteiger charge is 2.21. The van der Waals surface area contributed by atoms with E-state index in [4.69, 9.17) is 16.3 Å². The molecule has 0 radical (unpaired) electrons. The second-order valence-electron chi connectivity index (χ2n) is 3.53. The molecule has 13 heavy (non-hydrogen) atoms. The average Bonchev–Trinajstić information content (AvgIpc) is 2.99. The van der Waals surface area contributed by atoms with Crippen molar-refractivity contribution in [3.05, 3.63) is 29.8 Å². The molecule has 0 N–H and O–H groups in total. The average molecular weight is 197 g/mol. The fraction of sp³-hybridized carbons (Fsp3) is 0.455. The molecular formula is C11H13ClO. The van der Waals surface area contributed by atoms with Gasteiger partial charge in [0, 0.05) is 5.88 Å². The number of hydrogen-bond donors (Lipinski definition) is 0. The van der Waals surface area contributed by atoms with Crippen LogP contribution in [-0.4, -0.2) is 6.61 Å². The predicted molar refractivity (Wildman–Crippen MR) is 54.2 cm³/mol. The van der Waals surface area contributed by atoms with Crippen molar-refractivity contribution in [2.24, 2.45) is 5.92 Å². The Morgan fingerprint density at radius 3 is 2.46 bits per heavy atom. The number of hydrogen-bond acceptors (Lipinski definition) is 1. The second kappa shape index (κ2) is 4.01. The Labute approximate surface area is 83.7 Å². The maximum Gasteiger partial charge on any atom is 0.119 e. The molecule has 1 aliphatic rings. The second-order valence-corrected chi connectivity index (χ2v) is 3.80. The summed E-state index contributed by atoms with van der Waals surface area (Å²) >= 11 is 5.68. The van der Waals surface area contributed by atoms with Crippen molar-refractivity contribution in [3.63, 3.8) is 0 Å². The summed E-state index contributed by atoms with van der Waals surface area (Å²) in [4.78, 5) is 0. The molecule has 1 fully saturated rings. The van der Waals surface area contributed by atoms with E-state index in [1.165, 1.54) is 12.8 Å². The summed E-state index contributed by atoms with van der Waals surface area (Å²) in [5.74, 6) is 2.34. The van der Waals surface area contributed by atoms with Crippen molar-refractivity contribution in [3.8, 4) is 5.75 Å². The molecule has 1 aromatic carbocycles. The van der Waals surface area contributed by atoms with Crippen molar-refractivity contribution in [1.29, 1.82) is 0 Å². The van der Waals surface area contributed by atoms with Crippen molar-refractivity contribution in [2.45, 2.75) is 18.7 Å². The number of alkyl halides is 1. The zero-order valence-corrected chi connectivity index (χ0v) is 8.26. The van der Waals surface area contributed by atoms with E-state index in [0.29, 0.717) is 5.88 Å². The Balaban J connectivity index is 1.88. The molecule has 0 atom stereocenters. The minimum Gasteiger partial charge on any atom is -0.493 e. The van der Waals surface area contributed by atoms with Gasteiger partial charge in [-0.1, -0.05) is 12.1 Å². The normalized spacial score (nSPS) is 15.8. The van der Waals surface area contributed by atoms with Crippen LogP contribution >= 0.6 is 11.6 Å². The van der Waals surface area contributed by atoms with Crippen LogP contribution in [0.1, 0.15) is 18.4 Å². The number of ether oxygens (including phenoxy) is 1. The maximum atomic E-state index is 5.68. The van der Waals surface area contributed by atoms with Crippen LogP contribution in [0.2, 0.25) is 0 Å². The minimum atomic E-state index is 0.572. The molecule has 1 aromatic rings. The van der Waals surface area contributed by atoms with E-state index < -0.39 is 0 Å². The van der Waals surface area contributed by atoms with Crippen LogP contribution in [-0.2, 0) is 5.88 Å². The number of benzene rings is 1. The van der Waals surface area contributed by atoms with Crippen LogP contribution in [0.15, 0.2) is 24.3 Å². The first-order valence-electron chi connectivity index (χ1n) is 4.66. The minimum absolute atomic E-state index is 0.572. The predicted octanol–water partition coefficient (Wildman–Crippen LogP) is 3.21. The van der Waals surface area contributed by atoms with E-state index in [1.54, 1.807) is 0 Å². The van der Waals surface area contributed by atoms with Gasteiger partial charge in [-0.25, -0.2) is 0 Å². The highest BCUT2D eigenvalue weighted by Crippen LogP contribution is 2.29. The van der Waals surface area contributed by atoms with Crippen LogP contribution in [0, 0.1) is 5.92 Å². The summed E-state index contributed by atoms with van der Waals surface area (Å²) in [5.41, 5.74) is 1.14. The Bertz CT molecular complexity index is 264. The van der Waals surface area contributed by atoms with Gasteiger partial charge in [-0.2, -0.15) is 0 Å². The zero-order valence-electron chi connectivity index (χ0n) is 7.50. The van der Waals surface area contributed by atoms with Gasteiger partial charge in [-0.15, -0.1) is 11.6 Å². The van der Waals surface area contributed by atoms with Gasteiger partial charge in [0.25, 0.3) is 0 Å². The fourth-order valence-electron chi connectivity index (χ4n) is 1.17. The summed E-state index contributed by atoms with van der Waals surface area (Å²) in [7, 11) is 0. The SMILES string of the molecule is ClCc1ccc(OCC2CC2)cc1. The van der Waals surface area contributed by atoms with Gasteiger partial charge in [0.15, 0.2) is 0 Å². The molecule has 2 heteroatoms. The lowest BCUT2D eigenvalue weighted by Gasteiger charge is -2.04. The van der Waals surface area contributed by atoms with E-state index in [0.717, 1.165) is 23.8 Å². The summed E-state index contributed by atoms with van der Waals surface area (Å²) in [6, 6.07) is 7.99. The monoisotopic (exact) mass is 196 g/mol. The Morgan fingerprint density at radius 1 is 1.23 bits per heavy atom. The zero-order chi connectivity index (χ0) is 9.10. The molecule has 0 saturated heterocycles. The van der Waals surface area contributed by atoms with Gasteiger partial charge in [-0.3, -0.25) is 0 Å². The molecule has 0 unspecified atom stereocenters. The maximum absolute atomic E-state index is 5.68. The van der Waals surface area contributed by atoms with E-state index in [2.05, 4.69) is 0 Å². The first kappa shape index (κ1) is 8.89. The molecule has 1 aliphatic carbocycles. The van der Waals surface area contributed by atoms with Gasteiger partial charge >= 0.3 is 0 Å². The molecule has 0 amide bonds. The summed E-state index contributed by atoms with van der Waals surface area (Å²) in [6.07, 6.45) is 2.67. The largest absolute Gasteiger partial charge is 0.493 e. The summed E-state index contributed by atoms with van der Waals surface area (Å²) < 4.78 is 5.59. The van der Waals surface area contributed by atoms with Crippen LogP contribution in [0.3, 0.4) is 0 Å². The lowest BCUT2D eigenvalue weighted by atomic mass is 10.2.